The molecule has 2 N–H and O–H groups in total. The Morgan fingerprint density at radius 2 is 2.29 bits per heavy atom. The van der Waals surface area contributed by atoms with Crippen LogP contribution >= 0.6 is 0 Å². The van der Waals surface area contributed by atoms with E-state index in [2.05, 4.69) is 16.5 Å². The number of anilines is 1. The van der Waals surface area contributed by atoms with E-state index in [-0.39, 0.29) is 0 Å². The van der Waals surface area contributed by atoms with Gasteiger partial charge in [0.05, 0.1) is 0 Å². The first-order valence-electron chi connectivity index (χ1n) is 4.36. The normalized spacial score (nSPS) is 10.4. The van der Waals surface area contributed by atoms with Gasteiger partial charge in [-0.25, -0.2) is 9.97 Å². The molecule has 0 atom stereocenters. The van der Waals surface area contributed by atoms with Crippen LogP contribution in [0.2, 0.25) is 0 Å². The van der Waals surface area contributed by atoms with Crippen LogP contribution in [0.1, 0.15) is 11.3 Å². The SMILES string of the molecule is C=Cc1cc2ccnc(N)c2nc1C. The van der Waals surface area contributed by atoms with E-state index in [1.54, 1.807) is 12.3 Å². The van der Waals surface area contributed by atoms with E-state index in [4.69, 9.17) is 5.73 Å². The minimum absolute atomic E-state index is 0.473. The molecule has 2 aromatic rings. The Morgan fingerprint density at radius 3 is 3.00 bits per heavy atom. The summed E-state index contributed by atoms with van der Waals surface area (Å²) in [5, 5.41) is 0.998. The molecule has 0 spiro atoms. The van der Waals surface area contributed by atoms with Gasteiger partial charge in [0.25, 0.3) is 0 Å². The van der Waals surface area contributed by atoms with Crippen LogP contribution in [0.15, 0.2) is 24.9 Å². The number of hydrogen-bond donors (Lipinski definition) is 1. The average molecular weight is 185 g/mol. The predicted octanol–water partition coefficient (Wildman–Crippen LogP) is 2.16. The third kappa shape index (κ3) is 1.23. The number of hydrogen-bond acceptors (Lipinski definition) is 3. The van der Waals surface area contributed by atoms with Crippen molar-refractivity contribution in [1.29, 1.82) is 0 Å². The molecule has 0 aliphatic rings. The van der Waals surface area contributed by atoms with Crippen molar-refractivity contribution in [2.24, 2.45) is 0 Å². The van der Waals surface area contributed by atoms with Gasteiger partial charge in [-0.2, -0.15) is 0 Å². The number of pyridine rings is 2. The number of rotatable bonds is 1. The lowest BCUT2D eigenvalue weighted by molar-refractivity contribution is 1.22. The molecule has 0 aliphatic carbocycles. The van der Waals surface area contributed by atoms with Crippen molar-refractivity contribution in [1.82, 2.24) is 9.97 Å². The van der Waals surface area contributed by atoms with Gasteiger partial charge >= 0.3 is 0 Å². The predicted molar refractivity (Wildman–Crippen MR) is 58.8 cm³/mol. The van der Waals surface area contributed by atoms with Crippen molar-refractivity contribution >= 4 is 22.8 Å². The number of aromatic nitrogens is 2. The topological polar surface area (TPSA) is 51.8 Å². The van der Waals surface area contributed by atoms with Crippen molar-refractivity contribution in [2.75, 3.05) is 5.73 Å². The smallest absolute Gasteiger partial charge is 0.149 e. The monoisotopic (exact) mass is 185 g/mol. The quantitative estimate of drug-likeness (QED) is 0.740. The summed E-state index contributed by atoms with van der Waals surface area (Å²) in [5.41, 5.74) is 8.43. The summed E-state index contributed by atoms with van der Waals surface area (Å²) >= 11 is 0. The minimum Gasteiger partial charge on any atom is -0.382 e. The van der Waals surface area contributed by atoms with E-state index in [0.29, 0.717) is 5.82 Å². The Bertz CT molecular complexity index is 503. The van der Waals surface area contributed by atoms with Crippen LogP contribution in [0.5, 0.6) is 0 Å². The van der Waals surface area contributed by atoms with Crippen LogP contribution < -0.4 is 5.73 Å². The first-order valence-corrected chi connectivity index (χ1v) is 4.36. The molecule has 14 heavy (non-hydrogen) atoms. The van der Waals surface area contributed by atoms with Crippen LogP contribution in [0, 0.1) is 6.92 Å². The van der Waals surface area contributed by atoms with Gasteiger partial charge < -0.3 is 5.73 Å². The highest BCUT2D eigenvalue weighted by Gasteiger charge is 2.03. The minimum atomic E-state index is 0.473. The highest BCUT2D eigenvalue weighted by Crippen LogP contribution is 2.20. The Hall–Kier alpha value is -1.90. The molecule has 2 aromatic heterocycles. The maximum absolute atomic E-state index is 5.72. The van der Waals surface area contributed by atoms with Crippen molar-refractivity contribution in [3.05, 3.63) is 36.2 Å². The van der Waals surface area contributed by atoms with E-state index < -0.39 is 0 Å². The Kier molecular flexibility index (Phi) is 1.93. The number of nitrogen functional groups attached to an aromatic ring is 1. The number of nitrogens with two attached hydrogens (primary N) is 1. The van der Waals surface area contributed by atoms with Crippen molar-refractivity contribution in [3.8, 4) is 0 Å². The van der Waals surface area contributed by atoms with Crippen LogP contribution in [0.3, 0.4) is 0 Å². The molecule has 0 aromatic carbocycles. The number of fused-ring (bicyclic) bond motifs is 1. The average Bonchev–Trinajstić information content (AvgIpc) is 2.19. The molecule has 0 unspecified atom stereocenters. The molecule has 70 valence electrons. The standard InChI is InChI=1S/C11H11N3/c1-3-8-6-9-4-5-13-11(12)10(9)14-7(8)2/h3-6H,1H2,2H3,(H2,12,13). The second kappa shape index (κ2) is 3.10. The molecule has 0 bridgehead atoms. The summed E-state index contributed by atoms with van der Waals surface area (Å²) in [6.45, 7) is 5.67. The number of aryl methyl sites for hydroxylation is 1. The highest BCUT2D eigenvalue weighted by molar-refractivity contribution is 5.88. The van der Waals surface area contributed by atoms with E-state index in [0.717, 1.165) is 22.2 Å². The molecule has 2 heterocycles. The maximum Gasteiger partial charge on any atom is 0.149 e. The second-order valence-corrected chi connectivity index (χ2v) is 3.14. The summed E-state index contributed by atoms with van der Waals surface area (Å²) in [4.78, 5) is 8.38. The molecule has 0 fully saturated rings. The Morgan fingerprint density at radius 1 is 1.50 bits per heavy atom. The van der Waals surface area contributed by atoms with E-state index in [1.807, 2.05) is 19.1 Å². The number of nitrogens with zero attached hydrogens (tertiary/aromatic N) is 2. The van der Waals surface area contributed by atoms with Gasteiger partial charge in [-0.05, 0) is 24.6 Å². The fourth-order valence-electron chi connectivity index (χ4n) is 1.43. The summed E-state index contributed by atoms with van der Waals surface area (Å²) in [5.74, 6) is 0.473. The molecule has 0 amide bonds. The van der Waals surface area contributed by atoms with Gasteiger partial charge in [-0.15, -0.1) is 0 Å². The Labute approximate surface area is 82.3 Å². The lowest BCUT2D eigenvalue weighted by Gasteiger charge is -2.04. The maximum atomic E-state index is 5.72. The zero-order valence-electron chi connectivity index (χ0n) is 7.99. The highest BCUT2D eigenvalue weighted by atomic mass is 14.9. The van der Waals surface area contributed by atoms with Crippen LogP contribution in [0.25, 0.3) is 17.0 Å². The van der Waals surface area contributed by atoms with Gasteiger partial charge in [-0.3, -0.25) is 0 Å². The van der Waals surface area contributed by atoms with Crippen molar-refractivity contribution < 1.29 is 0 Å². The first-order chi connectivity index (χ1) is 6.72. The molecular weight excluding hydrogens is 174 g/mol. The van der Waals surface area contributed by atoms with Crippen LogP contribution in [-0.2, 0) is 0 Å². The molecule has 2 rings (SSSR count). The second-order valence-electron chi connectivity index (χ2n) is 3.14. The largest absolute Gasteiger partial charge is 0.382 e. The van der Waals surface area contributed by atoms with E-state index in [1.165, 1.54) is 0 Å². The van der Waals surface area contributed by atoms with Gasteiger partial charge in [0.1, 0.15) is 11.3 Å². The zero-order valence-corrected chi connectivity index (χ0v) is 7.99. The summed E-state index contributed by atoms with van der Waals surface area (Å²) in [6.07, 6.45) is 3.47. The molecule has 3 heteroatoms. The van der Waals surface area contributed by atoms with Gasteiger partial charge in [0, 0.05) is 17.3 Å². The van der Waals surface area contributed by atoms with Crippen LogP contribution in [0.4, 0.5) is 5.82 Å². The molecule has 0 saturated heterocycles. The molecule has 0 saturated carbocycles. The summed E-state index contributed by atoms with van der Waals surface area (Å²) in [6, 6.07) is 3.91. The lowest BCUT2D eigenvalue weighted by Crippen LogP contribution is -1.95. The lowest BCUT2D eigenvalue weighted by atomic mass is 10.1. The third-order valence-corrected chi connectivity index (χ3v) is 2.21. The van der Waals surface area contributed by atoms with Crippen molar-refractivity contribution in [3.63, 3.8) is 0 Å². The third-order valence-electron chi connectivity index (χ3n) is 2.21. The molecule has 0 radical (unpaired) electrons. The molecule has 0 aliphatic heterocycles. The van der Waals surface area contributed by atoms with Gasteiger partial charge in [0.15, 0.2) is 0 Å². The fraction of sp³-hybridized carbons (Fsp3) is 0.0909. The molecule has 3 nitrogen and oxygen atoms in total. The van der Waals surface area contributed by atoms with Crippen molar-refractivity contribution in [2.45, 2.75) is 6.92 Å². The van der Waals surface area contributed by atoms with Gasteiger partial charge in [0.2, 0.25) is 0 Å². The van der Waals surface area contributed by atoms with E-state index >= 15 is 0 Å². The van der Waals surface area contributed by atoms with Crippen LogP contribution in [-0.4, -0.2) is 9.97 Å². The first kappa shape index (κ1) is 8.69. The van der Waals surface area contributed by atoms with Gasteiger partial charge in [-0.1, -0.05) is 12.7 Å². The fourth-order valence-corrected chi connectivity index (χ4v) is 1.43. The zero-order chi connectivity index (χ0) is 10.1. The summed E-state index contributed by atoms with van der Waals surface area (Å²) in [7, 11) is 0. The van der Waals surface area contributed by atoms with E-state index in [9.17, 15) is 0 Å². The Balaban J connectivity index is 2.85. The molecular formula is C11H11N3. The summed E-state index contributed by atoms with van der Waals surface area (Å²) < 4.78 is 0.